The summed E-state index contributed by atoms with van der Waals surface area (Å²) < 4.78 is 34.8. The number of ketones is 1. The normalized spacial score (nSPS) is 17.5. The molecule has 0 saturated carbocycles. The van der Waals surface area contributed by atoms with E-state index in [4.69, 9.17) is 15.5 Å². The van der Waals surface area contributed by atoms with Gasteiger partial charge in [0.2, 0.25) is 17.4 Å². The van der Waals surface area contributed by atoms with Crippen LogP contribution in [0.25, 0.3) is 16.7 Å². The fourth-order valence-electron chi connectivity index (χ4n) is 6.16. The molecule has 226 valence electrons. The molecule has 11 nitrogen and oxygen atoms in total. The molecular formula is C31H30F2N8O3. The van der Waals surface area contributed by atoms with Gasteiger partial charge in [0, 0.05) is 43.9 Å². The molecule has 6 heterocycles. The highest BCUT2D eigenvalue weighted by molar-refractivity contribution is 6.12. The van der Waals surface area contributed by atoms with Crippen molar-refractivity contribution in [1.82, 2.24) is 34.5 Å². The molecule has 1 atom stereocenters. The number of benzene rings is 1. The van der Waals surface area contributed by atoms with Gasteiger partial charge in [0.1, 0.15) is 5.82 Å². The van der Waals surface area contributed by atoms with Crippen molar-refractivity contribution in [2.45, 2.75) is 25.4 Å². The van der Waals surface area contributed by atoms with Crippen LogP contribution in [0.3, 0.4) is 0 Å². The molecule has 13 heteroatoms. The number of carbonyl (C=O) groups is 1. The Morgan fingerprint density at radius 3 is 2.66 bits per heavy atom. The quantitative estimate of drug-likeness (QED) is 0.240. The zero-order valence-corrected chi connectivity index (χ0v) is 24.1. The minimum atomic E-state index is -0.850. The molecule has 2 aliphatic heterocycles. The topological polar surface area (TPSA) is 138 Å². The van der Waals surface area contributed by atoms with Crippen molar-refractivity contribution in [2.24, 2.45) is 0 Å². The molecule has 5 aromatic rings. The highest BCUT2D eigenvalue weighted by atomic mass is 19.1. The molecule has 0 aliphatic carbocycles. The number of likely N-dealkylation sites (tertiary alicyclic amines) is 1. The van der Waals surface area contributed by atoms with Crippen LogP contribution in [0.1, 0.15) is 38.9 Å². The first kappa shape index (κ1) is 28.1. The van der Waals surface area contributed by atoms with Crippen LogP contribution in [-0.2, 0) is 6.42 Å². The number of aliphatic hydroxyl groups excluding tert-OH is 1. The first-order valence-electron chi connectivity index (χ1n) is 14.3. The number of nitrogen functional groups attached to an aromatic ring is 1. The van der Waals surface area contributed by atoms with E-state index in [1.165, 1.54) is 29.2 Å². The van der Waals surface area contributed by atoms with Crippen molar-refractivity contribution in [2.75, 3.05) is 39.0 Å². The zero-order chi connectivity index (χ0) is 30.7. The van der Waals surface area contributed by atoms with Crippen LogP contribution in [0.5, 0.6) is 11.6 Å². The summed E-state index contributed by atoms with van der Waals surface area (Å²) in [5.41, 5.74) is 11.2. The number of likely N-dealkylation sites (N-methyl/N-ethyl adjacent to an activating group) is 1. The molecule has 4 N–H and O–H groups in total. The average molecular weight is 601 g/mol. The Hall–Kier alpha value is -4.72. The zero-order valence-electron chi connectivity index (χ0n) is 24.1. The monoisotopic (exact) mass is 600 g/mol. The number of ether oxygens (including phenoxy) is 1. The number of halogens is 2. The van der Waals surface area contributed by atoms with Crippen LogP contribution in [0.4, 0.5) is 14.6 Å². The first-order chi connectivity index (χ1) is 21.2. The van der Waals surface area contributed by atoms with E-state index in [1.54, 1.807) is 13.0 Å². The molecule has 1 fully saturated rings. The van der Waals surface area contributed by atoms with Gasteiger partial charge in [-0.3, -0.25) is 14.7 Å². The number of nitrogens with one attached hydrogen (secondary N) is 1. The maximum absolute atomic E-state index is 14.0. The lowest BCUT2D eigenvalue weighted by Crippen LogP contribution is -2.60. The number of aromatic nitrogens is 5. The Morgan fingerprint density at radius 2 is 1.95 bits per heavy atom. The summed E-state index contributed by atoms with van der Waals surface area (Å²) in [7, 11) is 2.09. The van der Waals surface area contributed by atoms with E-state index < -0.39 is 17.4 Å². The van der Waals surface area contributed by atoms with E-state index in [-0.39, 0.29) is 35.7 Å². The van der Waals surface area contributed by atoms with Gasteiger partial charge in [-0.25, -0.2) is 18.4 Å². The molecule has 4 aromatic heterocycles. The number of nitrogens with zero attached hydrogens (tertiary/aromatic N) is 6. The number of H-pyrrole nitrogens is 1. The molecule has 1 saturated heterocycles. The summed E-state index contributed by atoms with van der Waals surface area (Å²) in [5, 5.41) is 14.6. The lowest BCUT2D eigenvalue weighted by molar-refractivity contribution is -0.00169. The molecule has 2 aliphatic rings. The average Bonchev–Trinajstić information content (AvgIpc) is 3.58. The predicted molar refractivity (Wildman–Crippen MR) is 158 cm³/mol. The van der Waals surface area contributed by atoms with Crippen molar-refractivity contribution in [3.63, 3.8) is 0 Å². The lowest BCUT2D eigenvalue weighted by atomic mass is 9.93. The van der Waals surface area contributed by atoms with E-state index in [0.717, 1.165) is 49.4 Å². The Morgan fingerprint density at radius 1 is 1.18 bits per heavy atom. The van der Waals surface area contributed by atoms with E-state index in [2.05, 4.69) is 31.9 Å². The summed E-state index contributed by atoms with van der Waals surface area (Å²) in [5.74, 6) is -2.53. The maximum atomic E-state index is 14.0. The van der Waals surface area contributed by atoms with Crippen LogP contribution in [0, 0.1) is 18.6 Å². The van der Waals surface area contributed by atoms with Gasteiger partial charge >= 0.3 is 0 Å². The fourth-order valence-corrected chi connectivity index (χ4v) is 6.16. The predicted octanol–water partition coefficient (Wildman–Crippen LogP) is 3.54. The summed E-state index contributed by atoms with van der Waals surface area (Å²) in [6, 6.07) is 8.87. The minimum absolute atomic E-state index is 0.00990. The smallest absolute Gasteiger partial charge is 0.219 e. The number of anilines is 1. The largest absolute Gasteiger partial charge is 0.433 e. The standard InChI is InChI=1S/C31H30F2N8O3/c1-16-8-28(44-30-20(32)4-3-5-21(30)33)35-12-26(16)41-31(34)19(11-36-41)29(43)25-10-24-23(38-25)9-18-22(37-24)6-7-40(27(18)15-42)17-13-39(2)14-17/h3-5,8-12,17,27,38,42H,6-7,13-15,34H2,1-2H3. The highest BCUT2D eigenvalue weighted by Gasteiger charge is 2.37. The maximum Gasteiger partial charge on any atom is 0.219 e. The third-order valence-corrected chi connectivity index (χ3v) is 8.48. The SMILES string of the molecule is Cc1cc(Oc2c(F)cccc2F)ncc1-n1ncc(C(=O)c2cc3nc4c(cc3[nH]2)C(CO)N(C2CN(C)C2)CC4)c1N. The number of carbonyl (C=O) groups excluding carboxylic acids is 1. The van der Waals surface area contributed by atoms with Gasteiger partial charge in [-0.15, -0.1) is 0 Å². The lowest BCUT2D eigenvalue weighted by Gasteiger charge is -2.48. The van der Waals surface area contributed by atoms with Crippen molar-refractivity contribution >= 4 is 22.6 Å². The second kappa shape index (κ2) is 10.8. The van der Waals surface area contributed by atoms with Gasteiger partial charge in [0.25, 0.3) is 0 Å². The van der Waals surface area contributed by atoms with Crippen LogP contribution >= 0.6 is 0 Å². The summed E-state index contributed by atoms with van der Waals surface area (Å²) >= 11 is 0. The number of fused-ring (bicyclic) bond motifs is 2. The minimum Gasteiger partial charge on any atom is -0.433 e. The van der Waals surface area contributed by atoms with Crippen molar-refractivity contribution in [3.05, 3.63) is 88.5 Å². The van der Waals surface area contributed by atoms with Gasteiger partial charge in [-0.1, -0.05) is 6.07 Å². The highest BCUT2D eigenvalue weighted by Crippen LogP contribution is 2.35. The second-order valence-corrected chi connectivity index (χ2v) is 11.3. The third-order valence-electron chi connectivity index (χ3n) is 8.48. The summed E-state index contributed by atoms with van der Waals surface area (Å²) in [6.45, 7) is 4.49. The summed E-state index contributed by atoms with van der Waals surface area (Å²) in [4.78, 5) is 30.4. The number of pyridine rings is 2. The molecular weight excluding hydrogens is 570 g/mol. The molecule has 0 spiro atoms. The molecule has 0 bridgehead atoms. The molecule has 7 rings (SSSR count). The Bertz CT molecular complexity index is 1900. The van der Waals surface area contributed by atoms with E-state index in [1.807, 2.05) is 6.07 Å². The third kappa shape index (κ3) is 4.69. The van der Waals surface area contributed by atoms with Gasteiger partial charge in [0.15, 0.2) is 11.6 Å². The second-order valence-electron chi connectivity index (χ2n) is 11.3. The number of hydrogen-bond donors (Lipinski definition) is 3. The van der Waals surface area contributed by atoms with E-state index in [0.29, 0.717) is 34.0 Å². The van der Waals surface area contributed by atoms with Crippen LogP contribution in [0.2, 0.25) is 0 Å². The number of aliphatic hydroxyl groups is 1. The molecule has 0 amide bonds. The number of rotatable bonds is 7. The molecule has 1 unspecified atom stereocenters. The number of hydrogen-bond acceptors (Lipinski definition) is 9. The first-order valence-corrected chi connectivity index (χ1v) is 14.3. The van der Waals surface area contributed by atoms with Gasteiger partial charge in [-0.2, -0.15) is 5.10 Å². The van der Waals surface area contributed by atoms with Crippen LogP contribution in [0.15, 0.2) is 48.8 Å². The van der Waals surface area contributed by atoms with E-state index >= 15 is 0 Å². The van der Waals surface area contributed by atoms with Crippen molar-refractivity contribution in [1.29, 1.82) is 0 Å². The fraction of sp³-hybridized carbons (Fsp3) is 0.290. The number of aromatic amines is 1. The molecule has 44 heavy (non-hydrogen) atoms. The molecule has 1 aromatic carbocycles. The Kier molecular flexibility index (Phi) is 6.87. The van der Waals surface area contributed by atoms with Gasteiger partial charge < -0.3 is 25.5 Å². The number of aryl methyl sites for hydroxylation is 1. The Labute approximate surface area is 250 Å². The van der Waals surface area contributed by atoms with Gasteiger partial charge in [0.05, 0.1) is 53.0 Å². The Balaban J connectivity index is 1.15. The van der Waals surface area contributed by atoms with Gasteiger partial charge in [-0.05, 0) is 49.4 Å². The van der Waals surface area contributed by atoms with E-state index in [9.17, 15) is 18.7 Å². The van der Waals surface area contributed by atoms with Crippen molar-refractivity contribution < 1.29 is 23.4 Å². The number of para-hydroxylation sites is 1. The summed E-state index contributed by atoms with van der Waals surface area (Å²) in [6.07, 6.45) is 3.55. The number of nitrogens with two attached hydrogens (primary N) is 1. The van der Waals surface area contributed by atoms with Crippen LogP contribution < -0.4 is 10.5 Å². The molecule has 0 radical (unpaired) electrons. The van der Waals surface area contributed by atoms with Crippen LogP contribution in [-0.4, -0.2) is 84.8 Å². The van der Waals surface area contributed by atoms with Crippen molar-refractivity contribution in [3.8, 4) is 17.3 Å².